The third-order valence-corrected chi connectivity index (χ3v) is 17.4. The van der Waals surface area contributed by atoms with Gasteiger partial charge in [0.05, 0.1) is 49.0 Å². The van der Waals surface area contributed by atoms with Gasteiger partial charge in [-0.15, -0.1) is 5.26 Å². The van der Waals surface area contributed by atoms with E-state index < -0.39 is 30.9 Å². The number of nitriles is 1. The fourth-order valence-electron chi connectivity index (χ4n) is 10.4. The lowest BCUT2D eigenvalue weighted by Gasteiger charge is -2.41. The summed E-state index contributed by atoms with van der Waals surface area (Å²) in [7, 11) is -6.76. The Morgan fingerprint density at radius 2 is 1.10 bits per heavy atom. The Kier molecular flexibility index (Phi) is 12.8. The molecule has 2 aromatic carbocycles. The maximum absolute atomic E-state index is 12.9. The number of hydrogen-bond donors (Lipinski definition) is 2. The topological polar surface area (TPSA) is 181 Å². The number of nitrogens with zero attached hydrogens (tertiary/aromatic N) is 3. The van der Waals surface area contributed by atoms with Crippen molar-refractivity contribution in [1.82, 2.24) is 9.80 Å². The van der Waals surface area contributed by atoms with E-state index in [9.17, 15) is 21.6 Å². The smallest absolute Gasteiger partial charge is 0.292 e. The lowest BCUT2D eigenvalue weighted by Crippen LogP contribution is -2.53. The standard InChI is InChI=1S/C22H30N2O4S.C13H13NO.C8H16N2O3S/c25-21(14-29(26,27)18-7-9-24(10-8-18)17-12-28-13-17)23-22-19-5-1-3-15(19)11-16-4-2-6-20(16)22;14-8-15-13-11-5-1-3-9(11)7-10-4-2-6-12(10)13;9-14(11,12)8-1-3-10(4-2-8)7-5-13-6-7/h11,17-18H,1-10,12-14H2,(H,23,25);7H,1-6H2;7-8H,1-6H2,(H2,9,11,12). The number of sulfone groups is 1. The summed E-state index contributed by atoms with van der Waals surface area (Å²) < 4.78 is 63.5. The van der Waals surface area contributed by atoms with Gasteiger partial charge in [-0.2, -0.15) is 0 Å². The molecule has 0 radical (unpaired) electrons. The maximum atomic E-state index is 12.9. The lowest BCUT2D eigenvalue weighted by molar-refractivity contribution is -0.113. The van der Waals surface area contributed by atoms with E-state index in [0.29, 0.717) is 37.8 Å². The first-order valence-electron chi connectivity index (χ1n) is 21.5. The summed E-state index contributed by atoms with van der Waals surface area (Å²) in [5.74, 6) is 0.136. The van der Waals surface area contributed by atoms with Gasteiger partial charge in [-0.05, 0) is 173 Å². The second-order valence-corrected chi connectivity index (χ2v) is 21.5. The molecule has 4 heterocycles. The summed E-state index contributed by atoms with van der Waals surface area (Å²) in [6.07, 6.45) is 17.6. The third-order valence-electron chi connectivity index (χ3n) is 13.8. The number of hydrogen-bond acceptors (Lipinski definition) is 11. The molecule has 2 aromatic rings. The number of benzene rings is 2. The van der Waals surface area contributed by atoms with E-state index in [1.54, 1.807) is 0 Å². The number of nitrogens with one attached hydrogen (secondary N) is 1. The molecule has 4 saturated heterocycles. The highest BCUT2D eigenvalue weighted by Gasteiger charge is 2.37. The van der Waals surface area contributed by atoms with E-state index in [0.717, 1.165) is 128 Å². The molecule has 0 aromatic heterocycles. The molecule has 0 unspecified atom stereocenters. The summed E-state index contributed by atoms with van der Waals surface area (Å²) in [5, 5.41) is 16.1. The molecule has 10 rings (SSSR count). The lowest BCUT2D eigenvalue weighted by atomic mass is 9.98. The fourth-order valence-corrected chi connectivity index (χ4v) is 12.9. The van der Waals surface area contributed by atoms with E-state index in [2.05, 4.69) is 27.2 Å². The van der Waals surface area contributed by atoms with Crippen LogP contribution in [-0.2, 0) is 85.5 Å². The molecular formula is C43H59N5O8S2. The number of fused-ring (bicyclic) bond motifs is 4. The Labute approximate surface area is 343 Å². The number of anilines is 1. The number of likely N-dealkylation sites (tertiary alicyclic amines) is 2. The van der Waals surface area contributed by atoms with E-state index in [1.165, 1.54) is 57.3 Å². The van der Waals surface area contributed by atoms with Crippen molar-refractivity contribution in [1.29, 1.82) is 5.26 Å². The average Bonchev–Trinajstić information content (AvgIpc) is 3.98. The van der Waals surface area contributed by atoms with Crippen LogP contribution < -0.4 is 15.2 Å². The molecule has 0 saturated carbocycles. The summed E-state index contributed by atoms with van der Waals surface area (Å²) >= 11 is 0. The highest BCUT2D eigenvalue weighted by atomic mass is 32.2. The zero-order chi connectivity index (χ0) is 40.4. The summed E-state index contributed by atoms with van der Waals surface area (Å²) in [5.41, 5.74) is 11.6. The Bertz CT molecular complexity index is 2050. The number of carbonyl (C=O) groups excluding carboxylic acids is 1. The van der Waals surface area contributed by atoms with Crippen LogP contribution in [0.5, 0.6) is 5.75 Å². The van der Waals surface area contributed by atoms with Gasteiger partial charge in [0.25, 0.3) is 6.26 Å². The molecule has 1 amide bonds. The maximum Gasteiger partial charge on any atom is 0.292 e. The van der Waals surface area contributed by atoms with Crippen molar-refractivity contribution < 1.29 is 35.8 Å². The van der Waals surface area contributed by atoms with Gasteiger partial charge < -0.3 is 19.5 Å². The minimum absolute atomic E-state index is 0.334. The second kappa shape index (κ2) is 17.9. The number of nitrogens with two attached hydrogens (primary N) is 1. The van der Waals surface area contributed by atoms with E-state index in [4.69, 9.17) is 24.6 Å². The van der Waals surface area contributed by atoms with Crippen LogP contribution in [-0.4, -0.2) is 113 Å². The monoisotopic (exact) mass is 837 g/mol. The Morgan fingerprint density at radius 3 is 1.50 bits per heavy atom. The third kappa shape index (κ3) is 9.13. The number of primary sulfonamides is 1. The predicted octanol–water partition coefficient (Wildman–Crippen LogP) is 3.54. The quantitative estimate of drug-likeness (QED) is 0.372. The molecule has 8 aliphatic rings. The zero-order valence-electron chi connectivity index (χ0n) is 33.6. The van der Waals surface area contributed by atoms with Gasteiger partial charge in [0, 0.05) is 5.69 Å². The van der Waals surface area contributed by atoms with Crippen LogP contribution in [0.25, 0.3) is 0 Å². The van der Waals surface area contributed by atoms with Gasteiger partial charge in [0.1, 0.15) is 11.5 Å². The number of carbonyl (C=O) groups is 1. The van der Waals surface area contributed by atoms with Crippen LogP contribution >= 0.6 is 0 Å². The molecule has 0 bridgehead atoms. The van der Waals surface area contributed by atoms with Crippen molar-refractivity contribution in [3.05, 3.63) is 56.6 Å². The molecule has 15 heteroatoms. The number of aryl methyl sites for hydroxylation is 4. The number of rotatable bonds is 8. The normalized spacial score (nSPS) is 22.5. The van der Waals surface area contributed by atoms with Crippen LogP contribution in [0, 0.1) is 11.5 Å². The van der Waals surface area contributed by atoms with Gasteiger partial charge in [-0.25, -0.2) is 22.0 Å². The van der Waals surface area contributed by atoms with Crippen molar-refractivity contribution in [3.63, 3.8) is 0 Å². The van der Waals surface area contributed by atoms with Crippen LogP contribution in [0.15, 0.2) is 12.1 Å². The molecule has 4 aliphatic heterocycles. The molecule has 0 spiro atoms. The minimum atomic E-state index is -3.44. The number of ether oxygens (including phenoxy) is 3. The molecule has 13 nitrogen and oxygen atoms in total. The molecule has 0 atom stereocenters. The Balaban J connectivity index is 0.000000135. The minimum Gasteiger partial charge on any atom is -0.387 e. The van der Waals surface area contributed by atoms with Gasteiger partial charge >= 0.3 is 0 Å². The van der Waals surface area contributed by atoms with Gasteiger partial charge in [-0.1, -0.05) is 12.1 Å². The van der Waals surface area contributed by atoms with Crippen LogP contribution in [0.3, 0.4) is 0 Å². The number of sulfonamides is 1. The summed E-state index contributed by atoms with van der Waals surface area (Å²) in [6, 6.07) is 5.62. The molecule has 58 heavy (non-hydrogen) atoms. The molecule has 4 aliphatic carbocycles. The number of piperidine rings is 2. The van der Waals surface area contributed by atoms with Crippen LogP contribution in [0.1, 0.15) is 95.9 Å². The zero-order valence-corrected chi connectivity index (χ0v) is 35.3. The highest BCUT2D eigenvalue weighted by Crippen LogP contribution is 2.41. The largest absolute Gasteiger partial charge is 0.387 e. The number of amides is 1. The molecule has 3 N–H and O–H groups in total. The second-order valence-electron chi connectivity index (χ2n) is 17.4. The van der Waals surface area contributed by atoms with Crippen molar-refractivity contribution in [2.75, 3.05) is 63.7 Å². The van der Waals surface area contributed by atoms with Gasteiger partial charge in [-0.3, -0.25) is 14.6 Å². The molecular weight excluding hydrogens is 779 g/mol. The van der Waals surface area contributed by atoms with E-state index in [-0.39, 0.29) is 11.2 Å². The van der Waals surface area contributed by atoms with Crippen molar-refractivity contribution >= 4 is 31.5 Å². The summed E-state index contributed by atoms with van der Waals surface area (Å²) in [4.78, 5) is 17.4. The first-order chi connectivity index (χ1) is 28.0. The first kappa shape index (κ1) is 41.6. The fraction of sp³-hybridized carbons (Fsp3) is 0.674. The van der Waals surface area contributed by atoms with Crippen LogP contribution in [0.4, 0.5) is 5.69 Å². The molecule has 4 fully saturated rings. The van der Waals surface area contributed by atoms with Crippen molar-refractivity contribution in [2.24, 2.45) is 5.14 Å². The van der Waals surface area contributed by atoms with E-state index >= 15 is 0 Å². The van der Waals surface area contributed by atoms with Crippen molar-refractivity contribution in [2.45, 2.75) is 125 Å². The molecule has 316 valence electrons. The SMILES string of the molecule is N#COc1c2c(cc3c1CCC3)CCC2.NS(=O)(=O)C1CCN(C2COC2)CC1.O=C(CS(=O)(=O)C1CCN(C2COC2)CC1)Nc1c2c(cc3c1CCC3)CCC2. The summed E-state index contributed by atoms with van der Waals surface area (Å²) in [6.45, 7) is 6.31. The predicted molar refractivity (Wildman–Crippen MR) is 221 cm³/mol. The van der Waals surface area contributed by atoms with Crippen molar-refractivity contribution in [3.8, 4) is 12.0 Å². The highest BCUT2D eigenvalue weighted by molar-refractivity contribution is 7.92. The average molecular weight is 838 g/mol. The first-order valence-corrected chi connectivity index (χ1v) is 24.9. The van der Waals surface area contributed by atoms with Gasteiger partial charge in [0.15, 0.2) is 9.84 Å². The Morgan fingerprint density at radius 1 is 0.690 bits per heavy atom. The van der Waals surface area contributed by atoms with Gasteiger partial charge in [0.2, 0.25) is 15.9 Å². The van der Waals surface area contributed by atoms with E-state index in [1.807, 2.05) is 6.26 Å². The Hall–Kier alpha value is -3.10. The van der Waals surface area contributed by atoms with Crippen LogP contribution in [0.2, 0.25) is 0 Å².